The minimum atomic E-state index is -0.0806. The van der Waals surface area contributed by atoms with E-state index in [0.29, 0.717) is 36.0 Å². The van der Waals surface area contributed by atoms with Crippen molar-refractivity contribution in [2.45, 2.75) is 26.7 Å². The number of likely N-dealkylation sites (tertiary alicyclic amines) is 1. The van der Waals surface area contributed by atoms with Crippen molar-refractivity contribution >= 4 is 17.3 Å². The van der Waals surface area contributed by atoms with E-state index in [4.69, 9.17) is 0 Å². The van der Waals surface area contributed by atoms with Gasteiger partial charge in [-0.3, -0.25) is 14.0 Å². The van der Waals surface area contributed by atoms with E-state index < -0.39 is 0 Å². The van der Waals surface area contributed by atoms with Crippen molar-refractivity contribution in [3.05, 3.63) is 35.9 Å². The highest BCUT2D eigenvalue weighted by atomic mass is 16.2. The maximum atomic E-state index is 13.2. The van der Waals surface area contributed by atoms with Gasteiger partial charge < -0.3 is 14.7 Å². The van der Waals surface area contributed by atoms with Crippen molar-refractivity contribution in [2.24, 2.45) is 5.92 Å². The fourth-order valence-corrected chi connectivity index (χ4v) is 4.12. The summed E-state index contributed by atoms with van der Waals surface area (Å²) in [5.41, 5.74) is 1.10. The molecule has 0 radical (unpaired) electrons. The fourth-order valence-electron chi connectivity index (χ4n) is 4.12. The van der Waals surface area contributed by atoms with Crippen LogP contribution in [0.4, 0.5) is 0 Å². The molecule has 2 aliphatic heterocycles. The lowest BCUT2D eigenvalue weighted by Crippen LogP contribution is -2.48. The van der Waals surface area contributed by atoms with Gasteiger partial charge in [0.05, 0.1) is 5.52 Å². The Morgan fingerprint density at radius 2 is 1.68 bits per heavy atom. The molecule has 0 saturated carbocycles. The second kappa shape index (κ2) is 7.91. The van der Waals surface area contributed by atoms with Crippen LogP contribution in [0.3, 0.4) is 0 Å². The number of aromatic nitrogens is 2. The number of hydrogen-bond donors (Lipinski definition) is 0. The van der Waals surface area contributed by atoms with Crippen LogP contribution in [0.15, 0.2) is 24.4 Å². The Morgan fingerprint density at radius 3 is 2.36 bits per heavy atom. The van der Waals surface area contributed by atoms with Crippen molar-refractivity contribution in [1.82, 2.24) is 24.1 Å². The maximum Gasteiger partial charge on any atom is 0.290 e. The van der Waals surface area contributed by atoms with Gasteiger partial charge >= 0.3 is 0 Å². The van der Waals surface area contributed by atoms with Crippen molar-refractivity contribution in [2.75, 3.05) is 45.8 Å². The third-order valence-corrected chi connectivity index (χ3v) is 6.12. The molecule has 0 bridgehead atoms. The Hall–Kier alpha value is -2.41. The number of rotatable bonds is 3. The first-order valence-corrected chi connectivity index (χ1v) is 10.4. The Morgan fingerprint density at radius 1 is 1.00 bits per heavy atom. The van der Waals surface area contributed by atoms with Crippen LogP contribution in [-0.4, -0.2) is 81.7 Å². The van der Waals surface area contributed by atoms with Crippen LogP contribution < -0.4 is 0 Å². The van der Waals surface area contributed by atoms with Gasteiger partial charge in [0.2, 0.25) is 5.82 Å². The maximum absolute atomic E-state index is 13.2. The summed E-state index contributed by atoms with van der Waals surface area (Å²) in [6.45, 7) is 10.0. The van der Waals surface area contributed by atoms with E-state index >= 15 is 0 Å². The van der Waals surface area contributed by atoms with Crippen LogP contribution in [-0.2, 0) is 0 Å². The topological polar surface area (TPSA) is 61.2 Å². The Labute approximate surface area is 165 Å². The van der Waals surface area contributed by atoms with Crippen LogP contribution in [0.2, 0.25) is 0 Å². The van der Waals surface area contributed by atoms with Crippen LogP contribution in [0.5, 0.6) is 0 Å². The standard InChI is InChI=1S/C21H29N5O2/c1-3-23-12-14-25(15-13-23)20(27)18-17-6-4-5-9-26(17)19(22-18)21(28)24-10-7-16(2)8-11-24/h4-6,9,16H,3,7-8,10-15H2,1-2H3. The van der Waals surface area contributed by atoms with E-state index in [1.54, 1.807) is 4.40 Å². The number of fused-ring (bicyclic) bond motifs is 1. The molecule has 7 heteroatoms. The molecule has 2 amide bonds. The van der Waals surface area contributed by atoms with Gasteiger partial charge in [-0.15, -0.1) is 0 Å². The third-order valence-electron chi connectivity index (χ3n) is 6.12. The first-order chi connectivity index (χ1) is 13.6. The zero-order valence-electron chi connectivity index (χ0n) is 16.8. The number of piperidine rings is 1. The summed E-state index contributed by atoms with van der Waals surface area (Å²) in [5.74, 6) is 0.842. The zero-order valence-corrected chi connectivity index (χ0v) is 16.8. The molecule has 2 aliphatic rings. The third kappa shape index (κ3) is 3.51. The first-order valence-electron chi connectivity index (χ1n) is 10.4. The molecule has 2 saturated heterocycles. The lowest BCUT2D eigenvalue weighted by atomic mass is 9.99. The highest BCUT2D eigenvalue weighted by Crippen LogP contribution is 2.21. The molecule has 2 aromatic heterocycles. The molecular formula is C21H29N5O2. The molecule has 4 rings (SSSR count). The van der Waals surface area contributed by atoms with Gasteiger partial charge in [0.15, 0.2) is 5.69 Å². The normalized spacial score (nSPS) is 19.4. The number of likely N-dealkylation sites (N-methyl/N-ethyl adjacent to an activating group) is 1. The van der Waals surface area contributed by atoms with Crippen LogP contribution in [0.25, 0.3) is 5.52 Å². The van der Waals surface area contributed by atoms with Crippen molar-refractivity contribution in [3.8, 4) is 0 Å². The van der Waals surface area contributed by atoms with Crippen LogP contribution in [0.1, 0.15) is 47.8 Å². The molecule has 4 heterocycles. The molecule has 0 atom stereocenters. The van der Waals surface area contributed by atoms with Crippen molar-refractivity contribution in [1.29, 1.82) is 0 Å². The van der Waals surface area contributed by atoms with Gasteiger partial charge in [0.1, 0.15) is 0 Å². The summed E-state index contributed by atoms with van der Waals surface area (Å²) in [6.07, 6.45) is 3.86. The Bertz CT molecular complexity index is 861. The predicted octanol–water partition coefficient (Wildman–Crippen LogP) is 1.98. The molecule has 2 fully saturated rings. The van der Waals surface area contributed by atoms with E-state index in [9.17, 15) is 9.59 Å². The van der Waals surface area contributed by atoms with Gasteiger partial charge in [0.25, 0.3) is 11.8 Å². The second-order valence-electron chi connectivity index (χ2n) is 7.94. The summed E-state index contributed by atoms with van der Waals surface area (Å²) in [6, 6.07) is 5.63. The van der Waals surface area contributed by atoms with Crippen LogP contribution >= 0.6 is 0 Å². The summed E-state index contributed by atoms with van der Waals surface area (Å²) in [4.78, 5) is 36.9. The highest BCUT2D eigenvalue weighted by molar-refractivity contribution is 6.02. The largest absolute Gasteiger partial charge is 0.336 e. The highest BCUT2D eigenvalue weighted by Gasteiger charge is 2.30. The number of amides is 2. The van der Waals surface area contributed by atoms with Gasteiger partial charge in [0, 0.05) is 45.5 Å². The summed E-state index contributed by atoms with van der Waals surface area (Å²) >= 11 is 0. The zero-order chi connectivity index (χ0) is 19.7. The van der Waals surface area contributed by atoms with Gasteiger partial charge in [-0.25, -0.2) is 4.98 Å². The van der Waals surface area contributed by atoms with E-state index in [0.717, 1.165) is 45.6 Å². The molecule has 28 heavy (non-hydrogen) atoms. The van der Waals surface area contributed by atoms with Crippen molar-refractivity contribution in [3.63, 3.8) is 0 Å². The average molecular weight is 383 g/mol. The molecule has 150 valence electrons. The van der Waals surface area contributed by atoms with E-state index in [1.807, 2.05) is 34.2 Å². The fraction of sp³-hybridized carbons (Fsp3) is 0.571. The molecule has 2 aromatic rings. The minimum Gasteiger partial charge on any atom is -0.336 e. The SMILES string of the molecule is CCN1CCN(C(=O)c2nc(C(=O)N3CCC(C)CC3)n3ccccc23)CC1. The first kappa shape index (κ1) is 18.9. The molecule has 7 nitrogen and oxygen atoms in total. The molecule has 0 aliphatic carbocycles. The summed E-state index contributed by atoms with van der Waals surface area (Å²) < 4.78 is 1.77. The van der Waals surface area contributed by atoms with Gasteiger partial charge in [-0.1, -0.05) is 19.9 Å². The predicted molar refractivity (Wildman–Crippen MR) is 108 cm³/mol. The van der Waals surface area contributed by atoms with Crippen LogP contribution in [0, 0.1) is 5.92 Å². The minimum absolute atomic E-state index is 0.0780. The molecular weight excluding hydrogens is 354 g/mol. The van der Waals surface area contributed by atoms with Crippen molar-refractivity contribution < 1.29 is 9.59 Å². The number of pyridine rings is 1. The average Bonchev–Trinajstić information content (AvgIpc) is 3.13. The molecule has 0 N–H and O–H groups in total. The number of nitrogens with zero attached hydrogens (tertiary/aromatic N) is 5. The lowest BCUT2D eigenvalue weighted by molar-refractivity contribution is 0.0639. The summed E-state index contributed by atoms with van der Waals surface area (Å²) in [5, 5.41) is 0. The number of piperazine rings is 1. The second-order valence-corrected chi connectivity index (χ2v) is 7.94. The number of carbonyl (C=O) groups is 2. The van der Waals surface area contributed by atoms with Gasteiger partial charge in [-0.2, -0.15) is 0 Å². The molecule has 0 unspecified atom stereocenters. The molecule has 0 spiro atoms. The summed E-state index contributed by atoms with van der Waals surface area (Å²) in [7, 11) is 0. The quantitative estimate of drug-likeness (QED) is 0.813. The number of hydrogen-bond acceptors (Lipinski definition) is 4. The van der Waals surface area contributed by atoms with E-state index in [1.165, 1.54) is 0 Å². The number of imidazole rings is 1. The van der Waals surface area contributed by atoms with Gasteiger partial charge in [-0.05, 0) is 37.4 Å². The monoisotopic (exact) mass is 383 g/mol. The van der Waals surface area contributed by atoms with E-state index in [2.05, 4.69) is 23.7 Å². The smallest absolute Gasteiger partial charge is 0.290 e. The molecule has 0 aromatic carbocycles. The Balaban J connectivity index is 1.61. The Kier molecular flexibility index (Phi) is 5.35. The lowest BCUT2D eigenvalue weighted by Gasteiger charge is -2.33. The van der Waals surface area contributed by atoms with E-state index in [-0.39, 0.29) is 11.8 Å². The number of carbonyl (C=O) groups excluding carboxylic acids is 2.